The van der Waals surface area contributed by atoms with E-state index in [0.717, 1.165) is 38.0 Å². The maximum absolute atomic E-state index is 12.1. The molecule has 0 saturated carbocycles. The number of hydrogen-bond acceptors (Lipinski definition) is 6. The first-order valence-electron chi connectivity index (χ1n) is 10.2. The molecule has 1 fully saturated rings. The van der Waals surface area contributed by atoms with Gasteiger partial charge in [0, 0.05) is 26.2 Å². The van der Waals surface area contributed by atoms with Crippen LogP contribution in [-0.2, 0) is 24.4 Å². The molecule has 1 aliphatic rings. The van der Waals surface area contributed by atoms with Gasteiger partial charge >= 0.3 is 6.09 Å². The number of ether oxygens (including phenoxy) is 1. The van der Waals surface area contributed by atoms with Crippen LogP contribution < -0.4 is 0 Å². The minimum Gasteiger partial charge on any atom is -0.444 e. The standard InChI is InChI=1S/C19H31N3O4.C2H6/c1-19(2,3)26-18(25)22-9-7-21(8-10-22)6-4-5-15-11-16(13-23)20-17(12-15)14-24;1-2/h11-12,23-24H,4-10,13-14H2,1-3H3;1-2H3. The van der Waals surface area contributed by atoms with E-state index in [4.69, 9.17) is 4.74 Å². The Hall–Kier alpha value is -1.70. The molecular formula is C21H37N3O4. The van der Waals surface area contributed by atoms with Crippen molar-refractivity contribution in [2.75, 3.05) is 32.7 Å². The lowest BCUT2D eigenvalue weighted by Crippen LogP contribution is -2.50. The van der Waals surface area contributed by atoms with E-state index in [1.54, 1.807) is 4.90 Å². The average molecular weight is 396 g/mol. The van der Waals surface area contributed by atoms with Gasteiger partial charge in [0.15, 0.2) is 0 Å². The molecule has 0 spiro atoms. The molecule has 0 aliphatic carbocycles. The Labute approximate surface area is 169 Å². The quantitative estimate of drug-likeness (QED) is 0.770. The van der Waals surface area contributed by atoms with E-state index in [-0.39, 0.29) is 19.3 Å². The van der Waals surface area contributed by atoms with E-state index < -0.39 is 5.60 Å². The number of carbonyl (C=O) groups excluding carboxylic acids is 1. The van der Waals surface area contributed by atoms with Crippen LogP contribution in [0.1, 0.15) is 58.0 Å². The first-order chi connectivity index (χ1) is 13.3. The lowest BCUT2D eigenvalue weighted by atomic mass is 10.1. The van der Waals surface area contributed by atoms with Crippen molar-refractivity contribution in [3.63, 3.8) is 0 Å². The van der Waals surface area contributed by atoms with Crippen LogP contribution in [0.15, 0.2) is 12.1 Å². The SMILES string of the molecule is CC.CC(C)(C)OC(=O)N1CCN(CCCc2cc(CO)nc(CO)c2)CC1. The topological polar surface area (TPSA) is 86.1 Å². The van der Waals surface area contributed by atoms with Crippen LogP contribution in [0.25, 0.3) is 0 Å². The van der Waals surface area contributed by atoms with Crippen LogP contribution in [-0.4, -0.2) is 69.4 Å². The third-order valence-electron chi connectivity index (χ3n) is 4.28. The van der Waals surface area contributed by atoms with Crippen LogP contribution in [0.4, 0.5) is 4.79 Å². The van der Waals surface area contributed by atoms with Gasteiger partial charge in [0.2, 0.25) is 0 Å². The highest BCUT2D eigenvalue weighted by Gasteiger charge is 2.25. The van der Waals surface area contributed by atoms with E-state index in [1.165, 1.54) is 0 Å². The Kier molecular flexibility index (Phi) is 10.4. The maximum atomic E-state index is 12.1. The third kappa shape index (κ3) is 8.54. The fraction of sp³-hybridized carbons (Fsp3) is 0.714. The number of carbonyl (C=O) groups is 1. The van der Waals surface area contributed by atoms with Crippen molar-refractivity contribution in [2.24, 2.45) is 0 Å². The molecule has 2 N–H and O–H groups in total. The van der Waals surface area contributed by atoms with Crippen molar-refractivity contribution in [2.45, 2.75) is 66.3 Å². The van der Waals surface area contributed by atoms with Gasteiger partial charge in [-0.2, -0.15) is 0 Å². The summed E-state index contributed by atoms with van der Waals surface area (Å²) >= 11 is 0. The summed E-state index contributed by atoms with van der Waals surface area (Å²) in [6.45, 7) is 13.4. The molecule has 1 aliphatic heterocycles. The van der Waals surface area contributed by atoms with Crippen LogP contribution in [0.2, 0.25) is 0 Å². The summed E-state index contributed by atoms with van der Waals surface area (Å²) in [4.78, 5) is 20.4. The number of aryl methyl sites for hydroxylation is 1. The molecule has 2 rings (SSSR count). The van der Waals surface area contributed by atoms with Gasteiger partial charge < -0.3 is 19.8 Å². The maximum Gasteiger partial charge on any atom is 0.410 e. The zero-order valence-corrected chi connectivity index (χ0v) is 18.1. The lowest BCUT2D eigenvalue weighted by molar-refractivity contribution is 0.0144. The molecule has 7 nitrogen and oxygen atoms in total. The average Bonchev–Trinajstić information content (AvgIpc) is 2.68. The third-order valence-corrected chi connectivity index (χ3v) is 4.28. The van der Waals surface area contributed by atoms with Crippen LogP contribution in [0, 0.1) is 0 Å². The molecule has 2 heterocycles. The number of pyridine rings is 1. The lowest BCUT2D eigenvalue weighted by Gasteiger charge is -2.35. The Bertz CT molecular complexity index is 572. The van der Waals surface area contributed by atoms with Crippen molar-refractivity contribution < 1.29 is 19.7 Å². The molecule has 7 heteroatoms. The first-order valence-corrected chi connectivity index (χ1v) is 10.2. The Balaban J connectivity index is 0.00000190. The molecule has 0 aromatic carbocycles. The number of aliphatic hydroxyl groups is 2. The van der Waals surface area contributed by atoms with E-state index in [2.05, 4.69) is 9.88 Å². The second kappa shape index (κ2) is 12.0. The summed E-state index contributed by atoms with van der Waals surface area (Å²) in [6, 6.07) is 3.78. The predicted molar refractivity (Wildman–Crippen MR) is 110 cm³/mol. The van der Waals surface area contributed by atoms with Crippen LogP contribution in [0.5, 0.6) is 0 Å². The van der Waals surface area contributed by atoms with E-state index in [0.29, 0.717) is 24.5 Å². The highest BCUT2D eigenvalue weighted by molar-refractivity contribution is 5.68. The second-order valence-electron chi connectivity index (χ2n) is 7.69. The van der Waals surface area contributed by atoms with Crippen molar-refractivity contribution in [3.8, 4) is 0 Å². The van der Waals surface area contributed by atoms with E-state index in [9.17, 15) is 15.0 Å². The van der Waals surface area contributed by atoms with Crippen molar-refractivity contribution >= 4 is 6.09 Å². The van der Waals surface area contributed by atoms with Gasteiger partial charge in [-0.25, -0.2) is 4.79 Å². The highest BCUT2D eigenvalue weighted by atomic mass is 16.6. The zero-order chi connectivity index (χ0) is 21.2. The Morgan fingerprint density at radius 3 is 2.07 bits per heavy atom. The molecule has 28 heavy (non-hydrogen) atoms. The molecule has 160 valence electrons. The fourth-order valence-electron chi connectivity index (χ4n) is 3.01. The molecule has 1 amide bonds. The normalized spacial score (nSPS) is 15.0. The van der Waals surface area contributed by atoms with Gasteiger partial charge in [-0.15, -0.1) is 0 Å². The van der Waals surface area contributed by atoms with Gasteiger partial charge in [-0.1, -0.05) is 13.8 Å². The molecule has 0 atom stereocenters. The monoisotopic (exact) mass is 395 g/mol. The number of aromatic nitrogens is 1. The van der Waals surface area contributed by atoms with Crippen molar-refractivity contribution in [1.82, 2.24) is 14.8 Å². The summed E-state index contributed by atoms with van der Waals surface area (Å²) in [5, 5.41) is 18.5. The largest absolute Gasteiger partial charge is 0.444 e. The second-order valence-corrected chi connectivity index (χ2v) is 7.69. The van der Waals surface area contributed by atoms with Crippen LogP contribution >= 0.6 is 0 Å². The Morgan fingerprint density at radius 1 is 1.07 bits per heavy atom. The highest BCUT2D eigenvalue weighted by Crippen LogP contribution is 2.13. The summed E-state index contributed by atoms with van der Waals surface area (Å²) < 4.78 is 5.42. The smallest absolute Gasteiger partial charge is 0.410 e. The number of hydrogen-bond donors (Lipinski definition) is 2. The molecule has 1 aromatic heterocycles. The van der Waals surface area contributed by atoms with Crippen molar-refractivity contribution in [1.29, 1.82) is 0 Å². The first kappa shape index (κ1) is 24.3. The van der Waals surface area contributed by atoms with Gasteiger partial charge in [0.25, 0.3) is 0 Å². The fourth-order valence-corrected chi connectivity index (χ4v) is 3.01. The summed E-state index contributed by atoms with van der Waals surface area (Å²) in [5.41, 5.74) is 1.81. The number of rotatable bonds is 6. The Morgan fingerprint density at radius 2 is 1.61 bits per heavy atom. The molecule has 0 unspecified atom stereocenters. The molecule has 1 saturated heterocycles. The minimum atomic E-state index is -0.459. The zero-order valence-electron chi connectivity index (χ0n) is 18.1. The molecule has 1 aromatic rings. The minimum absolute atomic E-state index is 0.118. The summed E-state index contributed by atoms with van der Waals surface area (Å²) in [6.07, 6.45) is 1.61. The number of aliphatic hydroxyl groups excluding tert-OH is 2. The molecule has 0 radical (unpaired) electrons. The van der Waals surface area contributed by atoms with Crippen molar-refractivity contribution in [3.05, 3.63) is 29.1 Å². The summed E-state index contributed by atoms with van der Waals surface area (Å²) in [7, 11) is 0. The number of amides is 1. The van der Waals surface area contributed by atoms with Gasteiger partial charge in [0.05, 0.1) is 24.6 Å². The molecule has 0 bridgehead atoms. The van der Waals surface area contributed by atoms with E-state index >= 15 is 0 Å². The predicted octanol–water partition coefficient (Wildman–Crippen LogP) is 2.58. The molecular weight excluding hydrogens is 358 g/mol. The van der Waals surface area contributed by atoms with Gasteiger partial charge in [0.1, 0.15) is 5.60 Å². The van der Waals surface area contributed by atoms with Crippen LogP contribution in [0.3, 0.4) is 0 Å². The number of nitrogens with zero attached hydrogens (tertiary/aromatic N) is 3. The van der Waals surface area contributed by atoms with Gasteiger partial charge in [-0.05, 0) is 57.9 Å². The van der Waals surface area contributed by atoms with Gasteiger partial charge in [-0.3, -0.25) is 9.88 Å². The number of piperazine rings is 1. The van der Waals surface area contributed by atoms with E-state index in [1.807, 2.05) is 46.8 Å². The summed E-state index contributed by atoms with van der Waals surface area (Å²) in [5.74, 6) is 0.